The van der Waals surface area contributed by atoms with Gasteiger partial charge < -0.3 is 9.88 Å². The Morgan fingerprint density at radius 2 is 1.86 bits per heavy atom. The molecule has 3 rings (SSSR count). The summed E-state index contributed by atoms with van der Waals surface area (Å²) in [6.07, 6.45) is 0. The number of fused-ring (bicyclic) bond motifs is 1. The maximum atomic E-state index is 13.7. The van der Waals surface area contributed by atoms with E-state index in [9.17, 15) is 13.6 Å². The third kappa shape index (κ3) is 2.70. The fourth-order valence-corrected chi connectivity index (χ4v) is 2.37. The number of nitrogens with one attached hydrogen (secondary N) is 1. The van der Waals surface area contributed by atoms with Crippen molar-refractivity contribution < 1.29 is 13.6 Å². The molecule has 0 aliphatic rings. The van der Waals surface area contributed by atoms with Crippen LogP contribution >= 0.6 is 0 Å². The summed E-state index contributed by atoms with van der Waals surface area (Å²) in [5.74, 6) is -0.933. The van der Waals surface area contributed by atoms with Crippen molar-refractivity contribution in [2.24, 2.45) is 0 Å². The number of hydrogen-bond donors (Lipinski definition) is 1. The van der Waals surface area contributed by atoms with Gasteiger partial charge in [-0.2, -0.15) is 0 Å². The largest absolute Gasteiger partial charge is 0.350 e. The zero-order valence-electron chi connectivity index (χ0n) is 11.9. The van der Waals surface area contributed by atoms with Gasteiger partial charge in [0.05, 0.1) is 0 Å². The zero-order valence-corrected chi connectivity index (χ0v) is 11.9. The van der Waals surface area contributed by atoms with E-state index in [4.69, 9.17) is 0 Å². The second-order valence-electron chi connectivity index (χ2n) is 5.17. The minimum atomic E-state index is -0.367. The molecule has 1 heterocycles. The minimum absolute atomic E-state index is 0.250. The van der Waals surface area contributed by atoms with Crippen molar-refractivity contribution in [2.75, 3.05) is 7.05 Å². The van der Waals surface area contributed by atoms with Gasteiger partial charge in [0.15, 0.2) is 0 Å². The third-order valence-corrected chi connectivity index (χ3v) is 3.52. The van der Waals surface area contributed by atoms with Crippen LogP contribution in [-0.2, 0) is 6.54 Å². The Kier molecular flexibility index (Phi) is 3.63. The molecular weight excluding hydrogens is 286 g/mol. The molecule has 112 valence electrons. The van der Waals surface area contributed by atoms with Gasteiger partial charge in [-0.1, -0.05) is 18.2 Å². The summed E-state index contributed by atoms with van der Waals surface area (Å²) >= 11 is 0. The third-order valence-electron chi connectivity index (χ3n) is 3.52. The van der Waals surface area contributed by atoms with Crippen LogP contribution in [0.2, 0.25) is 0 Å². The van der Waals surface area contributed by atoms with Crippen LogP contribution in [0.3, 0.4) is 0 Å². The average Bonchev–Trinajstić information content (AvgIpc) is 2.94. The molecule has 0 aliphatic carbocycles. The number of rotatable bonds is 3. The van der Waals surface area contributed by atoms with E-state index >= 15 is 0 Å². The maximum absolute atomic E-state index is 13.7. The lowest BCUT2D eigenvalue weighted by molar-refractivity contribution is 0.0780. The highest BCUT2D eigenvalue weighted by atomic mass is 19.1. The molecule has 3 aromatic rings. The molecule has 0 spiro atoms. The minimum Gasteiger partial charge on any atom is -0.350 e. The summed E-state index contributed by atoms with van der Waals surface area (Å²) in [6.45, 7) is 0.344. The van der Waals surface area contributed by atoms with Crippen LogP contribution in [0.4, 0.5) is 8.78 Å². The highest BCUT2D eigenvalue weighted by Gasteiger charge is 2.16. The van der Waals surface area contributed by atoms with Gasteiger partial charge in [-0.3, -0.25) is 4.79 Å². The van der Waals surface area contributed by atoms with E-state index in [0.717, 1.165) is 5.56 Å². The number of nitrogens with zero attached hydrogens (tertiary/aromatic N) is 1. The van der Waals surface area contributed by atoms with Gasteiger partial charge in [-0.25, -0.2) is 8.78 Å². The molecule has 2 aromatic carbocycles. The summed E-state index contributed by atoms with van der Waals surface area (Å²) in [5, 5.41) is 0.390. The van der Waals surface area contributed by atoms with Gasteiger partial charge in [0.1, 0.15) is 17.3 Å². The van der Waals surface area contributed by atoms with Crippen LogP contribution in [0.1, 0.15) is 16.1 Å². The molecule has 0 atom stereocenters. The lowest BCUT2D eigenvalue weighted by Crippen LogP contribution is -2.26. The van der Waals surface area contributed by atoms with Gasteiger partial charge in [0.2, 0.25) is 0 Å². The van der Waals surface area contributed by atoms with Crippen molar-refractivity contribution in [3.05, 3.63) is 71.4 Å². The van der Waals surface area contributed by atoms with Crippen molar-refractivity contribution in [2.45, 2.75) is 6.54 Å². The molecule has 3 nitrogen and oxygen atoms in total. The van der Waals surface area contributed by atoms with Gasteiger partial charge >= 0.3 is 0 Å². The lowest BCUT2D eigenvalue weighted by atomic mass is 10.2. The number of hydrogen-bond acceptors (Lipinski definition) is 1. The van der Waals surface area contributed by atoms with Crippen LogP contribution in [0.25, 0.3) is 10.9 Å². The molecular formula is C17H14F2N2O. The predicted molar refractivity (Wildman–Crippen MR) is 80.5 cm³/mol. The smallest absolute Gasteiger partial charge is 0.270 e. The number of aromatic nitrogens is 1. The molecule has 1 N–H and O–H groups in total. The molecule has 0 unspecified atom stereocenters. The van der Waals surface area contributed by atoms with E-state index in [1.807, 2.05) is 0 Å². The van der Waals surface area contributed by atoms with Crippen molar-refractivity contribution in [3.8, 4) is 0 Å². The quantitative estimate of drug-likeness (QED) is 0.786. The van der Waals surface area contributed by atoms with Crippen molar-refractivity contribution >= 4 is 16.8 Å². The standard InChI is InChI=1S/C17H14F2N2O/c1-21(10-11-5-7-12(18)8-6-11)17(22)16-9-13-14(19)3-2-4-15(13)20-16/h2-9,20H,10H2,1H3. The second kappa shape index (κ2) is 5.60. The van der Waals surface area contributed by atoms with Crippen molar-refractivity contribution in [3.63, 3.8) is 0 Å². The first-order chi connectivity index (χ1) is 10.5. The highest BCUT2D eigenvalue weighted by Crippen LogP contribution is 2.19. The first-order valence-corrected chi connectivity index (χ1v) is 6.82. The first kappa shape index (κ1) is 14.3. The Balaban J connectivity index is 1.82. The monoisotopic (exact) mass is 300 g/mol. The van der Waals surface area contributed by atoms with E-state index < -0.39 is 0 Å². The van der Waals surface area contributed by atoms with Crippen LogP contribution in [0.5, 0.6) is 0 Å². The highest BCUT2D eigenvalue weighted by molar-refractivity contribution is 5.98. The molecule has 0 aliphatic heterocycles. The Morgan fingerprint density at radius 3 is 2.55 bits per heavy atom. The van der Waals surface area contributed by atoms with Gasteiger partial charge in [0.25, 0.3) is 5.91 Å². The van der Waals surface area contributed by atoms with Crippen molar-refractivity contribution in [1.82, 2.24) is 9.88 Å². The Morgan fingerprint density at radius 1 is 1.14 bits per heavy atom. The molecule has 0 fully saturated rings. The van der Waals surface area contributed by atoms with Crippen molar-refractivity contribution in [1.29, 1.82) is 0 Å². The molecule has 22 heavy (non-hydrogen) atoms. The summed E-state index contributed by atoms with van der Waals surface area (Å²) in [7, 11) is 1.65. The number of carbonyl (C=O) groups is 1. The molecule has 5 heteroatoms. The fourth-order valence-electron chi connectivity index (χ4n) is 2.37. The first-order valence-electron chi connectivity index (χ1n) is 6.82. The molecule has 1 amide bonds. The molecule has 0 bridgehead atoms. The summed E-state index contributed by atoms with van der Waals surface area (Å²) in [5.41, 5.74) is 1.72. The van der Waals surface area contributed by atoms with E-state index in [2.05, 4.69) is 4.98 Å². The van der Waals surface area contributed by atoms with Crippen LogP contribution < -0.4 is 0 Å². The molecule has 0 saturated heterocycles. The summed E-state index contributed by atoms with van der Waals surface area (Å²) in [4.78, 5) is 16.8. The van der Waals surface area contributed by atoms with E-state index in [1.165, 1.54) is 29.2 Å². The van der Waals surface area contributed by atoms with Gasteiger partial charge in [0, 0.05) is 24.5 Å². The Labute approximate surface area is 126 Å². The Hall–Kier alpha value is -2.69. The maximum Gasteiger partial charge on any atom is 0.270 e. The Bertz CT molecular complexity index is 824. The number of H-pyrrole nitrogens is 1. The zero-order chi connectivity index (χ0) is 15.7. The summed E-state index contributed by atoms with van der Waals surface area (Å²) in [6, 6.07) is 12.1. The van der Waals surface area contributed by atoms with Crippen LogP contribution in [-0.4, -0.2) is 22.8 Å². The van der Waals surface area contributed by atoms with E-state index in [-0.39, 0.29) is 17.5 Å². The SMILES string of the molecule is CN(Cc1ccc(F)cc1)C(=O)c1cc2c(F)cccc2[nH]1. The molecule has 0 radical (unpaired) electrons. The van der Waals surface area contributed by atoms with Gasteiger partial charge in [-0.05, 0) is 35.9 Å². The second-order valence-corrected chi connectivity index (χ2v) is 5.17. The average molecular weight is 300 g/mol. The number of amides is 1. The number of carbonyl (C=O) groups excluding carboxylic acids is 1. The fraction of sp³-hybridized carbons (Fsp3) is 0.118. The van der Waals surface area contributed by atoms with E-state index in [1.54, 1.807) is 31.3 Å². The van der Waals surface area contributed by atoms with Crippen LogP contribution in [0, 0.1) is 11.6 Å². The molecule has 0 saturated carbocycles. The normalized spacial score (nSPS) is 10.9. The number of aromatic amines is 1. The summed E-state index contributed by atoms with van der Waals surface area (Å²) < 4.78 is 26.6. The predicted octanol–water partition coefficient (Wildman–Crippen LogP) is 3.72. The van der Waals surface area contributed by atoms with Gasteiger partial charge in [-0.15, -0.1) is 0 Å². The number of benzene rings is 2. The lowest BCUT2D eigenvalue weighted by Gasteiger charge is -2.16. The molecule has 1 aromatic heterocycles. The van der Waals surface area contributed by atoms with E-state index in [0.29, 0.717) is 23.1 Å². The topological polar surface area (TPSA) is 36.1 Å². The number of halogens is 2. The van der Waals surface area contributed by atoms with Crippen LogP contribution in [0.15, 0.2) is 48.5 Å².